The number of ether oxygens (including phenoxy) is 1. The molecule has 6 heteroatoms. The summed E-state index contributed by atoms with van der Waals surface area (Å²) >= 11 is 3.37. The maximum absolute atomic E-state index is 11.6. The minimum Gasteiger partial charge on any atom is -0.483 e. The van der Waals surface area contributed by atoms with Crippen LogP contribution in [0.4, 0.5) is 0 Å². The Morgan fingerprint density at radius 3 is 3.05 bits per heavy atom. The van der Waals surface area contributed by atoms with E-state index in [9.17, 15) is 4.79 Å². The summed E-state index contributed by atoms with van der Waals surface area (Å²) in [7, 11) is 0. The molecule has 2 aromatic rings. The number of carbonyl (C=O) groups is 1. The Morgan fingerprint density at radius 1 is 1.50 bits per heavy atom. The first kappa shape index (κ1) is 14.3. The van der Waals surface area contributed by atoms with Gasteiger partial charge in [0, 0.05) is 10.7 Å². The van der Waals surface area contributed by atoms with Crippen molar-refractivity contribution in [1.82, 2.24) is 10.4 Å². The van der Waals surface area contributed by atoms with Crippen LogP contribution in [0.2, 0.25) is 0 Å². The lowest BCUT2D eigenvalue weighted by molar-refractivity contribution is -0.123. The van der Waals surface area contributed by atoms with Gasteiger partial charge >= 0.3 is 0 Å². The van der Waals surface area contributed by atoms with Crippen molar-refractivity contribution < 1.29 is 9.53 Å². The number of aromatic nitrogens is 1. The Labute approximate surface area is 125 Å². The molecule has 0 spiro atoms. The first-order valence-electron chi connectivity index (χ1n) is 5.99. The van der Waals surface area contributed by atoms with Crippen LogP contribution in [-0.2, 0) is 4.79 Å². The van der Waals surface area contributed by atoms with Crippen LogP contribution in [0.3, 0.4) is 0 Å². The monoisotopic (exact) mass is 335 g/mol. The van der Waals surface area contributed by atoms with Crippen molar-refractivity contribution in [3.63, 3.8) is 0 Å². The summed E-state index contributed by atoms with van der Waals surface area (Å²) in [4.78, 5) is 14.5. The van der Waals surface area contributed by atoms with Gasteiger partial charge in [-0.3, -0.25) is 4.79 Å². The number of H-pyrrole nitrogens is 1. The summed E-state index contributed by atoms with van der Waals surface area (Å²) in [6, 6.07) is 9.30. The Kier molecular flexibility index (Phi) is 4.95. The zero-order valence-corrected chi connectivity index (χ0v) is 12.5. The summed E-state index contributed by atoms with van der Waals surface area (Å²) < 4.78 is 6.40. The fourth-order valence-electron chi connectivity index (χ4n) is 1.55. The number of carbonyl (C=O) groups excluding carboxylic acids is 1. The number of amides is 1. The molecule has 0 aliphatic heterocycles. The fourth-order valence-corrected chi connectivity index (χ4v) is 2.02. The predicted molar refractivity (Wildman–Crippen MR) is 80.9 cm³/mol. The highest BCUT2D eigenvalue weighted by Crippen LogP contribution is 2.21. The number of nitrogens with zero attached hydrogens (tertiary/aromatic N) is 1. The number of hydrogen-bond donors (Lipinski definition) is 2. The maximum atomic E-state index is 11.6. The van der Waals surface area contributed by atoms with Crippen molar-refractivity contribution in [1.29, 1.82) is 0 Å². The average molecular weight is 336 g/mol. The van der Waals surface area contributed by atoms with Crippen LogP contribution < -0.4 is 10.2 Å². The van der Waals surface area contributed by atoms with Crippen LogP contribution >= 0.6 is 15.9 Å². The van der Waals surface area contributed by atoms with Gasteiger partial charge in [0.1, 0.15) is 5.75 Å². The molecule has 1 aromatic heterocycles. The molecule has 1 aromatic carbocycles. The van der Waals surface area contributed by atoms with Gasteiger partial charge < -0.3 is 9.72 Å². The number of benzene rings is 1. The Hall–Kier alpha value is -2.08. The number of rotatable bonds is 5. The van der Waals surface area contributed by atoms with Crippen LogP contribution in [0.5, 0.6) is 5.75 Å². The first-order valence-corrected chi connectivity index (χ1v) is 6.78. The van der Waals surface area contributed by atoms with Gasteiger partial charge in [0.2, 0.25) is 0 Å². The molecule has 104 valence electrons. The van der Waals surface area contributed by atoms with Crippen LogP contribution in [-0.4, -0.2) is 23.7 Å². The zero-order chi connectivity index (χ0) is 14.4. The van der Waals surface area contributed by atoms with Gasteiger partial charge in [-0.15, -0.1) is 0 Å². The highest BCUT2D eigenvalue weighted by molar-refractivity contribution is 9.10. The minimum atomic E-state index is -0.310. The molecule has 5 nitrogen and oxygen atoms in total. The number of hydrazone groups is 1. The normalized spacial score (nSPS) is 10.7. The van der Waals surface area contributed by atoms with Gasteiger partial charge in [-0.05, 0) is 42.8 Å². The third-order valence-corrected chi connectivity index (χ3v) is 3.00. The summed E-state index contributed by atoms with van der Waals surface area (Å²) in [6.45, 7) is 1.84. The van der Waals surface area contributed by atoms with Gasteiger partial charge in [0.15, 0.2) is 6.61 Å². The Bertz CT molecular complexity index is 609. The number of aryl methyl sites for hydroxylation is 1. The molecule has 0 bridgehead atoms. The standard InChI is InChI=1S/C14H14BrN3O2/c1-10-7-11(15)4-5-13(10)20-9-14(19)18-17-8-12-3-2-6-16-12/h2-8,16H,9H2,1H3,(H,18,19). The van der Waals surface area contributed by atoms with Crippen LogP contribution in [0.1, 0.15) is 11.3 Å². The summed E-state index contributed by atoms with van der Waals surface area (Å²) in [5, 5.41) is 3.82. The minimum absolute atomic E-state index is 0.0788. The maximum Gasteiger partial charge on any atom is 0.277 e. The van der Waals surface area contributed by atoms with Crippen LogP contribution in [0.25, 0.3) is 0 Å². The van der Waals surface area contributed by atoms with E-state index in [2.05, 4.69) is 31.4 Å². The molecule has 20 heavy (non-hydrogen) atoms. The topological polar surface area (TPSA) is 66.5 Å². The molecule has 1 amide bonds. The van der Waals surface area contributed by atoms with E-state index in [0.29, 0.717) is 5.75 Å². The van der Waals surface area contributed by atoms with Gasteiger partial charge in [-0.2, -0.15) is 5.10 Å². The molecule has 2 N–H and O–H groups in total. The van der Waals surface area contributed by atoms with Crippen molar-refractivity contribution in [2.45, 2.75) is 6.92 Å². The molecule has 1 heterocycles. The van der Waals surface area contributed by atoms with E-state index in [1.54, 1.807) is 6.20 Å². The molecule has 0 saturated heterocycles. The summed E-state index contributed by atoms with van der Waals surface area (Å²) in [5.41, 5.74) is 4.17. The average Bonchev–Trinajstić information content (AvgIpc) is 2.91. The summed E-state index contributed by atoms with van der Waals surface area (Å²) in [6.07, 6.45) is 3.31. The largest absolute Gasteiger partial charge is 0.483 e. The lowest BCUT2D eigenvalue weighted by Gasteiger charge is -2.08. The molecule has 0 radical (unpaired) electrons. The molecule has 0 aliphatic carbocycles. The highest BCUT2D eigenvalue weighted by Gasteiger charge is 2.04. The third-order valence-electron chi connectivity index (χ3n) is 2.51. The zero-order valence-electron chi connectivity index (χ0n) is 10.9. The Morgan fingerprint density at radius 2 is 2.35 bits per heavy atom. The number of nitrogens with one attached hydrogen (secondary N) is 2. The molecule has 0 unspecified atom stereocenters. The SMILES string of the molecule is Cc1cc(Br)ccc1OCC(=O)NN=Cc1ccc[nH]1. The third kappa shape index (κ3) is 4.24. The van der Waals surface area contributed by atoms with Crippen molar-refractivity contribution in [3.8, 4) is 5.75 Å². The van der Waals surface area contributed by atoms with E-state index < -0.39 is 0 Å². The van der Waals surface area contributed by atoms with Gasteiger partial charge in [-0.25, -0.2) is 5.43 Å². The van der Waals surface area contributed by atoms with Crippen LogP contribution in [0.15, 0.2) is 46.1 Å². The molecular formula is C14H14BrN3O2. The number of aromatic amines is 1. The number of hydrogen-bond acceptors (Lipinski definition) is 3. The molecular weight excluding hydrogens is 322 g/mol. The second kappa shape index (κ2) is 6.91. The predicted octanol–water partition coefficient (Wildman–Crippen LogP) is 2.61. The highest BCUT2D eigenvalue weighted by atomic mass is 79.9. The second-order valence-electron chi connectivity index (χ2n) is 4.12. The molecule has 0 saturated carbocycles. The van der Waals surface area contributed by atoms with Gasteiger partial charge in [0.25, 0.3) is 5.91 Å². The van der Waals surface area contributed by atoms with Gasteiger partial charge in [-0.1, -0.05) is 15.9 Å². The van der Waals surface area contributed by atoms with E-state index in [-0.39, 0.29) is 12.5 Å². The van der Waals surface area contributed by atoms with E-state index in [1.807, 2.05) is 37.3 Å². The van der Waals surface area contributed by atoms with Crippen molar-refractivity contribution in [2.24, 2.45) is 5.10 Å². The smallest absolute Gasteiger partial charge is 0.277 e. The van der Waals surface area contributed by atoms with E-state index in [4.69, 9.17) is 4.74 Å². The van der Waals surface area contributed by atoms with Crippen molar-refractivity contribution in [2.75, 3.05) is 6.61 Å². The number of halogens is 1. The van der Waals surface area contributed by atoms with Gasteiger partial charge in [0.05, 0.1) is 11.9 Å². The lowest BCUT2D eigenvalue weighted by Crippen LogP contribution is -2.24. The molecule has 2 rings (SSSR count). The second-order valence-corrected chi connectivity index (χ2v) is 5.03. The molecule has 0 atom stereocenters. The lowest BCUT2D eigenvalue weighted by atomic mass is 10.2. The first-order chi connectivity index (χ1) is 9.65. The summed E-state index contributed by atoms with van der Waals surface area (Å²) in [5.74, 6) is 0.367. The van der Waals surface area contributed by atoms with E-state index in [0.717, 1.165) is 15.7 Å². The van der Waals surface area contributed by atoms with Crippen LogP contribution in [0, 0.1) is 6.92 Å². The Balaban J connectivity index is 1.80. The van der Waals surface area contributed by atoms with Crippen molar-refractivity contribution >= 4 is 28.1 Å². The molecule has 0 aliphatic rings. The molecule has 0 fully saturated rings. The fraction of sp³-hybridized carbons (Fsp3) is 0.143. The van der Waals surface area contributed by atoms with E-state index >= 15 is 0 Å². The van der Waals surface area contributed by atoms with Crippen molar-refractivity contribution in [3.05, 3.63) is 52.3 Å². The quantitative estimate of drug-likeness (QED) is 0.651. The van der Waals surface area contributed by atoms with E-state index in [1.165, 1.54) is 6.21 Å².